The molecule has 1 heterocycles. The number of aromatic nitrogens is 2. The van der Waals surface area contributed by atoms with Gasteiger partial charge in [-0.05, 0) is 43.7 Å². The van der Waals surface area contributed by atoms with E-state index in [1.165, 1.54) is 19.2 Å². The molecular formula is C20H19ClFN3O2. The van der Waals surface area contributed by atoms with Crippen molar-refractivity contribution in [2.45, 2.75) is 20.4 Å². The number of aryl methyl sites for hydroxylation is 1. The van der Waals surface area contributed by atoms with E-state index in [-0.39, 0.29) is 11.7 Å². The van der Waals surface area contributed by atoms with Gasteiger partial charge in [0.2, 0.25) is 0 Å². The zero-order valence-electron chi connectivity index (χ0n) is 15.2. The molecule has 1 N–H and O–H groups in total. The standard InChI is InChI=1S/C20H19ClFN3O2/c1-12-19(23-20(26)16-6-4-5-7-18(16)27-3)13(2)25(24-12)11-14-8-9-15(22)10-17(14)21/h4-10H,11H2,1-3H3,(H,23,26). The molecule has 2 aromatic carbocycles. The maximum absolute atomic E-state index is 13.2. The van der Waals surface area contributed by atoms with Crippen molar-refractivity contribution in [3.8, 4) is 5.75 Å². The largest absolute Gasteiger partial charge is 0.496 e. The van der Waals surface area contributed by atoms with Crippen molar-refractivity contribution < 1.29 is 13.9 Å². The average Bonchev–Trinajstić information content (AvgIpc) is 2.91. The molecule has 0 spiro atoms. The highest BCUT2D eigenvalue weighted by Gasteiger charge is 2.18. The summed E-state index contributed by atoms with van der Waals surface area (Å²) < 4.78 is 20.2. The third-order valence-electron chi connectivity index (χ3n) is 4.31. The van der Waals surface area contributed by atoms with Gasteiger partial charge in [-0.3, -0.25) is 9.48 Å². The fourth-order valence-electron chi connectivity index (χ4n) is 2.86. The van der Waals surface area contributed by atoms with Crippen LogP contribution in [-0.4, -0.2) is 22.8 Å². The number of hydrogen-bond acceptors (Lipinski definition) is 3. The Hall–Kier alpha value is -2.86. The number of carbonyl (C=O) groups excluding carboxylic acids is 1. The van der Waals surface area contributed by atoms with E-state index in [2.05, 4.69) is 10.4 Å². The van der Waals surface area contributed by atoms with Gasteiger partial charge in [-0.15, -0.1) is 0 Å². The lowest BCUT2D eigenvalue weighted by Crippen LogP contribution is -2.14. The third-order valence-corrected chi connectivity index (χ3v) is 4.66. The summed E-state index contributed by atoms with van der Waals surface area (Å²) in [6.07, 6.45) is 0. The van der Waals surface area contributed by atoms with Gasteiger partial charge in [0, 0.05) is 5.02 Å². The van der Waals surface area contributed by atoms with Crippen LogP contribution in [0, 0.1) is 19.7 Å². The van der Waals surface area contributed by atoms with Crippen LogP contribution in [0.2, 0.25) is 5.02 Å². The molecule has 1 aromatic heterocycles. The normalized spacial score (nSPS) is 10.7. The van der Waals surface area contributed by atoms with Gasteiger partial charge in [0.15, 0.2) is 0 Å². The smallest absolute Gasteiger partial charge is 0.259 e. The lowest BCUT2D eigenvalue weighted by Gasteiger charge is -2.10. The highest BCUT2D eigenvalue weighted by Crippen LogP contribution is 2.25. The van der Waals surface area contributed by atoms with Gasteiger partial charge in [0.05, 0.1) is 36.3 Å². The number of amides is 1. The first-order chi connectivity index (χ1) is 12.9. The Bertz CT molecular complexity index is 1000. The van der Waals surface area contributed by atoms with Gasteiger partial charge in [-0.1, -0.05) is 29.8 Å². The van der Waals surface area contributed by atoms with Gasteiger partial charge in [0.1, 0.15) is 11.6 Å². The fourth-order valence-corrected chi connectivity index (χ4v) is 3.08. The molecule has 7 heteroatoms. The number of methoxy groups -OCH3 is 1. The molecule has 0 bridgehead atoms. The maximum atomic E-state index is 13.2. The number of anilines is 1. The summed E-state index contributed by atoms with van der Waals surface area (Å²) in [7, 11) is 1.52. The highest BCUT2D eigenvalue weighted by molar-refractivity contribution is 6.31. The lowest BCUT2D eigenvalue weighted by atomic mass is 10.1. The van der Waals surface area contributed by atoms with E-state index in [1.54, 1.807) is 35.0 Å². The third kappa shape index (κ3) is 3.95. The van der Waals surface area contributed by atoms with Crippen molar-refractivity contribution in [1.82, 2.24) is 9.78 Å². The van der Waals surface area contributed by atoms with Crippen LogP contribution in [0.4, 0.5) is 10.1 Å². The summed E-state index contributed by atoms with van der Waals surface area (Å²) in [6.45, 7) is 4.04. The molecule has 1 amide bonds. The molecule has 0 aliphatic rings. The minimum absolute atomic E-state index is 0.280. The molecule has 0 saturated heterocycles. The van der Waals surface area contributed by atoms with Crippen LogP contribution in [0.1, 0.15) is 27.3 Å². The Morgan fingerprint density at radius 1 is 1.26 bits per heavy atom. The summed E-state index contributed by atoms with van der Waals surface area (Å²) in [5, 5.41) is 7.72. The number of rotatable bonds is 5. The van der Waals surface area contributed by atoms with Crippen LogP contribution in [0.3, 0.4) is 0 Å². The Balaban J connectivity index is 1.86. The molecule has 0 aliphatic heterocycles. The molecular weight excluding hydrogens is 369 g/mol. The summed E-state index contributed by atoms with van der Waals surface area (Å²) in [4.78, 5) is 12.7. The highest BCUT2D eigenvalue weighted by atomic mass is 35.5. The second kappa shape index (κ2) is 7.80. The van der Waals surface area contributed by atoms with Gasteiger partial charge < -0.3 is 10.1 Å². The van der Waals surface area contributed by atoms with Crippen LogP contribution < -0.4 is 10.1 Å². The first-order valence-corrected chi connectivity index (χ1v) is 8.70. The second-order valence-electron chi connectivity index (χ2n) is 6.09. The van der Waals surface area contributed by atoms with E-state index in [4.69, 9.17) is 16.3 Å². The summed E-state index contributed by atoms with van der Waals surface area (Å²) >= 11 is 6.11. The van der Waals surface area contributed by atoms with Crippen LogP contribution in [0.5, 0.6) is 5.75 Å². The molecule has 0 unspecified atom stereocenters. The molecule has 0 saturated carbocycles. The van der Waals surface area contributed by atoms with E-state index < -0.39 is 0 Å². The van der Waals surface area contributed by atoms with Gasteiger partial charge >= 0.3 is 0 Å². The topological polar surface area (TPSA) is 56.1 Å². The Kier molecular flexibility index (Phi) is 5.46. The second-order valence-corrected chi connectivity index (χ2v) is 6.50. The molecule has 3 aromatic rings. The number of nitrogens with one attached hydrogen (secondary N) is 1. The predicted molar refractivity (Wildman–Crippen MR) is 103 cm³/mol. The molecule has 3 rings (SSSR count). The van der Waals surface area contributed by atoms with Crippen LogP contribution >= 0.6 is 11.6 Å². The van der Waals surface area contributed by atoms with Crippen molar-refractivity contribution in [2.75, 3.05) is 12.4 Å². The number of nitrogens with zero attached hydrogens (tertiary/aromatic N) is 2. The minimum Gasteiger partial charge on any atom is -0.496 e. The van der Waals surface area contributed by atoms with Crippen LogP contribution in [0.25, 0.3) is 0 Å². The minimum atomic E-state index is -0.387. The monoisotopic (exact) mass is 387 g/mol. The number of ether oxygens (including phenoxy) is 1. The van der Waals surface area contributed by atoms with E-state index in [0.717, 1.165) is 11.3 Å². The molecule has 5 nitrogen and oxygen atoms in total. The Labute approximate surface area is 161 Å². The number of carbonyl (C=O) groups is 1. The zero-order valence-corrected chi connectivity index (χ0v) is 16.0. The maximum Gasteiger partial charge on any atom is 0.259 e. The quantitative estimate of drug-likeness (QED) is 0.696. The number of para-hydroxylation sites is 1. The Morgan fingerprint density at radius 3 is 2.70 bits per heavy atom. The van der Waals surface area contributed by atoms with E-state index >= 15 is 0 Å². The summed E-state index contributed by atoms with van der Waals surface area (Å²) in [5.74, 6) is -0.171. The first-order valence-electron chi connectivity index (χ1n) is 8.33. The number of hydrogen-bond donors (Lipinski definition) is 1. The van der Waals surface area contributed by atoms with Crippen LogP contribution in [-0.2, 0) is 6.54 Å². The molecule has 0 radical (unpaired) electrons. The van der Waals surface area contributed by atoms with Crippen molar-refractivity contribution in [3.63, 3.8) is 0 Å². The molecule has 0 aliphatic carbocycles. The summed E-state index contributed by atoms with van der Waals surface area (Å²) in [5.41, 5.74) is 3.26. The van der Waals surface area contributed by atoms with Crippen molar-refractivity contribution in [2.24, 2.45) is 0 Å². The number of benzene rings is 2. The van der Waals surface area contributed by atoms with E-state index in [0.29, 0.717) is 34.3 Å². The Morgan fingerprint density at radius 2 is 2.00 bits per heavy atom. The van der Waals surface area contributed by atoms with Crippen molar-refractivity contribution in [3.05, 3.63) is 75.8 Å². The fraction of sp³-hybridized carbons (Fsp3) is 0.200. The molecule has 27 heavy (non-hydrogen) atoms. The SMILES string of the molecule is COc1ccccc1C(=O)Nc1c(C)nn(Cc2ccc(F)cc2Cl)c1C. The van der Waals surface area contributed by atoms with E-state index in [1.807, 2.05) is 13.8 Å². The lowest BCUT2D eigenvalue weighted by molar-refractivity contribution is 0.102. The van der Waals surface area contributed by atoms with Crippen molar-refractivity contribution >= 4 is 23.2 Å². The van der Waals surface area contributed by atoms with Gasteiger partial charge in [0.25, 0.3) is 5.91 Å². The molecule has 140 valence electrons. The van der Waals surface area contributed by atoms with E-state index in [9.17, 15) is 9.18 Å². The van der Waals surface area contributed by atoms with Gasteiger partial charge in [-0.25, -0.2) is 4.39 Å². The molecule has 0 atom stereocenters. The average molecular weight is 388 g/mol. The molecule has 0 fully saturated rings. The first kappa shape index (κ1) is 18.9. The van der Waals surface area contributed by atoms with Gasteiger partial charge in [-0.2, -0.15) is 5.10 Å². The zero-order chi connectivity index (χ0) is 19.6. The van der Waals surface area contributed by atoms with Crippen LogP contribution in [0.15, 0.2) is 42.5 Å². The summed E-state index contributed by atoms with van der Waals surface area (Å²) in [6, 6.07) is 11.3. The predicted octanol–water partition coefficient (Wildman–Crippen LogP) is 4.60. The number of halogens is 2. The van der Waals surface area contributed by atoms with Crippen molar-refractivity contribution in [1.29, 1.82) is 0 Å².